The number of amides is 6. The molecule has 3 fully saturated rings. The van der Waals surface area contributed by atoms with E-state index >= 15 is 0 Å². The van der Waals surface area contributed by atoms with E-state index in [2.05, 4.69) is 72.8 Å². The van der Waals surface area contributed by atoms with E-state index in [9.17, 15) is 38.7 Å². The number of imide groups is 3. The van der Waals surface area contributed by atoms with Crippen molar-refractivity contribution in [1.82, 2.24) is 14.7 Å². The number of carbonyl (C=O) groups excluding carboxylic acids is 6. The van der Waals surface area contributed by atoms with Crippen molar-refractivity contribution in [2.75, 3.05) is 0 Å². The highest BCUT2D eigenvalue weighted by molar-refractivity contribution is 6.11. The third kappa shape index (κ3) is 14.4. The molecule has 6 aromatic rings. The zero-order valence-corrected chi connectivity index (χ0v) is 49.4. The molecular weight excluding hydrogens is 1010 g/mol. The van der Waals surface area contributed by atoms with Crippen LogP contribution >= 0.6 is 0 Å². The Morgan fingerprint density at radius 3 is 0.951 bits per heavy atom. The number of likely N-dealkylation sites (tertiary alicyclic amines) is 3. The van der Waals surface area contributed by atoms with Crippen molar-refractivity contribution in [3.05, 3.63) is 180 Å². The van der Waals surface area contributed by atoms with Gasteiger partial charge in [0.05, 0.1) is 0 Å². The van der Waals surface area contributed by atoms with E-state index in [4.69, 9.17) is 0 Å². The minimum Gasteiger partial charge on any atom is -0.480 e. The summed E-state index contributed by atoms with van der Waals surface area (Å²) in [5.74, 6) is -2.52. The van der Waals surface area contributed by atoms with E-state index < -0.39 is 39.6 Å². The van der Waals surface area contributed by atoms with Crippen molar-refractivity contribution in [3.63, 3.8) is 0 Å². The lowest BCUT2D eigenvalue weighted by Gasteiger charge is -2.29. The van der Waals surface area contributed by atoms with Crippen LogP contribution in [0.2, 0.25) is 0 Å². The van der Waals surface area contributed by atoms with Gasteiger partial charge < -0.3 is 5.11 Å². The van der Waals surface area contributed by atoms with Crippen molar-refractivity contribution in [2.24, 2.45) is 33.5 Å². The molecule has 0 spiro atoms. The first-order valence-electron chi connectivity index (χ1n) is 28.4. The zero-order valence-electron chi connectivity index (χ0n) is 49.4. The van der Waals surface area contributed by atoms with Crippen LogP contribution in [0.5, 0.6) is 0 Å². The number of carbonyl (C=O) groups is 7. The quantitative estimate of drug-likeness (QED) is 0.133. The van der Waals surface area contributed by atoms with Crippen LogP contribution in [-0.2, 0) is 52.8 Å². The second-order valence-electron chi connectivity index (χ2n) is 25.6. The highest BCUT2D eigenvalue weighted by Gasteiger charge is 2.57. The fraction of sp³-hybridized carbons (Fsp3) is 0.386. The lowest BCUT2D eigenvalue weighted by atomic mass is 9.86. The average molecular weight is 1090 g/mol. The van der Waals surface area contributed by atoms with Gasteiger partial charge in [-0.2, -0.15) is 0 Å². The van der Waals surface area contributed by atoms with Gasteiger partial charge in [-0.25, -0.2) is 0 Å². The first-order valence-corrected chi connectivity index (χ1v) is 28.4. The van der Waals surface area contributed by atoms with Gasteiger partial charge >= 0.3 is 5.97 Å². The second kappa shape index (κ2) is 24.9. The van der Waals surface area contributed by atoms with Crippen molar-refractivity contribution >= 4 is 41.4 Å². The summed E-state index contributed by atoms with van der Waals surface area (Å²) in [5.41, 5.74) is 6.75. The summed E-state index contributed by atoms with van der Waals surface area (Å²) >= 11 is 0. The van der Waals surface area contributed by atoms with Gasteiger partial charge in [0.25, 0.3) is 0 Å². The molecule has 3 aliphatic rings. The molecule has 6 atom stereocenters. The molecule has 6 amide bonds. The maximum Gasteiger partial charge on any atom is 0.319 e. The summed E-state index contributed by atoms with van der Waals surface area (Å²) in [6.45, 7) is 21.7. The summed E-state index contributed by atoms with van der Waals surface area (Å²) in [7, 11) is 0. The minimum absolute atomic E-state index is 0.0316. The van der Waals surface area contributed by atoms with Crippen LogP contribution in [0.1, 0.15) is 119 Å². The molecule has 2 unspecified atom stereocenters. The zero-order chi connectivity index (χ0) is 59.2. The molecule has 3 saturated heterocycles. The van der Waals surface area contributed by atoms with Crippen LogP contribution in [0.3, 0.4) is 0 Å². The first-order chi connectivity index (χ1) is 38.1. The summed E-state index contributed by atoms with van der Waals surface area (Å²) in [6.07, 6.45) is 3.46. The number of hydrogen-bond donors (Lipinski definition) is 1. The molecule has 3 heterocycles. The Balaban J connectivity index is 0.000000176. The van der Waals surface area contributed by atoms with Gasteiger partial charge in [0.2, 0.25) is 35.4 Å². The lowest BCUT2D eigenvalue weighted by molar-refractivity contribution is -0.159. The van der Waals surface area contributed by atoms with Gasteiger partial charge in [-0.15, -0.1) is 0 Å². The predicted molar refractivity (Wildman–Crippen MR) is 320 cm³/mol. The van der Waals surface area contributed by atoms with Crippen LogP contribution < -0.4 is 0 Å². The smallest absolute Gasteiger partial charge is 0.319 e. The molecule has 0 saturated carbocycles. The number of benzene rings is 6. The molecule has 11 nitrogen and oxygen atoms in total. The summed E-state index contributed by atoms with van der Waals surface area (Å²) in [6, 6.07) is 54.8. The number of carboxylic acids is 1. The number of hydrogen-bond acceptors (Lipinski definition) is 7. The van der Waals surface area contributed by atoms with Crippen LogP contribution in [0.25, 0.3) is 33.4 Å². The molecule has 9 rings (SSSR count). The van der Waals surface area contributed by atoms with Crippen molar-refractivity contribution < 1.29 is 38.7 Å². The maximum absolute atomic E-state index is 12.9. The number of nitrogens with zero attached hydrogens (tertiary/aromatic N) is 3. The van der Waals surface area contributed by atoms with Gasteiger partial charge in [-0.1, -0.05) is 240 Å². The summed E-state index contributed by atoms with van der Waals surface area (Å²) in [5, 5.41) is 9.63. The monoisotopic (exact) mass is 1090 g/mol. The van der Waals surface area contributed by atoms with Crippen molar-refractivity contribution in [3.8, 4) is 33.4 Å². The average Bonchev–Trinajstić information content (AvgIpc) is 4.21. The lowest BCUT2D eigenvalue weighted by Crippen LogP contribution is -2.48. The molecule has 1 N–H and O–H groups in total. The Morgan fingerprint density at radius 2 is 0.679 bits per heavy atom. The number of rotatable bonds is 10. The van der Waals surface area contributed by atoms with E-state index in [0.29, 0.717) is 19.3 Å². The van der Waals surface area contributed by atoms with E-state index in [-0.39, 0.29) is 59.9 Å². The molecule has 424 valence electrons. The fourth-order valence-electron chi connectivity index (χ4n) is 10.9. The van der Waals surface area contributed by atoms with Gasteiger partial charge in [-0.3, -0.25) is 48.3 Å². The molecule has 0 aromatic heterocycles. The third-order valence-corrected chi connectivity index (χ3v) is 15.6. The van der Waals surface area contributed by atoms with E-state index in [1.54, 1.807) is 20.8 Å². The molecule has 0 bridgehead atoms. The first kappa shape index (κ1) is 60.8. The highest BCUT2D eigenvalue weighted by atomic mass is 16.4. The van der Waals surface area contributed by atoms with Crippen LogP contribution in [0.4, 0.5) is 0 Å². The van der Waals surface area contributed by atoms with Gasteiger partial charge in [0, 0.05) is 46.2 Å². The minimum atomic E-state index is -1.57. The normalized spacial score (nSPS) is 21.0. The van der Waals surface area contributed by atoms with Gasteiger partial charge in [-0.05, 0) is 95.5 Å². The highest BCUT2D eigenvalue weighted by Crippen LogP contribution is 2.41. The van der Waals surface area contributed by atoms with E-state index in [0.717, 1.165) is 40.7 Å². The fourth-order valence-corrected chi connectivity index (χ4v) is 10.9. The Labute approximate surface area is 479 Å². The second-order valence-corrected chi connectivity index (χ2v) is 25.6. The summed E-state index contributed by atoms with van der Waals surface area (Å²) < 4.78 is 0. The van der Waals surface area contributed by atoms with Crippen molar-refractivity contribution in [1.29, 1.82) is 0 Å². The largest absolute Gasteiger partial charge is 0.480 e. The Morgan fingerprint density at radius 1 is 0.420 bits per heavy atom. The molecule has 0 radical (unpaired) electrons. The molecular formula is C70H81N3O8. The van der Waals surface area contributed by atoms with E-state index in [1.807, 2.05) is 146 Å². The maximum atomic E-state index is 12.9. The number of aliphatic carboxylic acids is 1. The molecule has 6 aromatic carbocycles. The standard InChI is InChI=1S/C24H27NO4.2C23H27NO2/c1-23(2,3)20(26)25-19(15-24(4,21(25)27)22(28)29)14-16-10-12-18(13-11-16)17-8-6-5-7-9-17;2*1-16-14-20(24(21(16)25)22(26)23(2,3)4)15-17-10-12-19(13-11-17)18-8-6-5-7-9-18/h5-13,19H,14-15H2,1-4H3,(H,28,29);2*5-13,16,20H,14-15H2,1-4H3/t19-,24?;16?,20-;16-,20-/m100/s1. The van der Waals surface area contributed by atoms with Crippen LogP contribution in [-0.4, -0.2) is 79.3 Å². The Hall–Kier alpha value is -7.79. The topological polar surface area (TPSA) is 149 Å². The van der Waals surface area contributed by atoms with E-state index in [1.165, 1.54) is 43.9 Å². The van der Waals surface area contributed by atoms with Gasteiger partial charge in [0.15, 0.2) is 0 Å². The SMILES string of the molecule is CC(C)(C)C(=O)N1C(=O)C(C)(C(=O)O)C[C@H]1Cc1ccc(-c2ccccc2)cc1.CC1C[C@@H](Cc2ccc(-c3ccccc3)cc2)N(C(=O)C(C)(C)C)C1=O.C[C@H]1C[C@@H](Cc2ccc(-c3ccccc3)cc2)N(C(=O)C(C)(C)C)C1=O. The molecule has 11 heteroatoms. The van der Waals surface area contributed by atoms with Crippen LogP contribution in [0, 0.1) is 33.5 Å². The van der Waals surface area contributed by atoms with Crippen molar-refractivity contribution in [2.45, 2.75) is 140 Å². The molecule has 81 heavy (non-hydrogen) atoms. The Kier molecular flexibility index (Phi) is 18.7. The molecule has 0 aliphatic carbocycles. The molecule has 3 aliphatic heterocycles. The Bertz CT molecular complexity index is 3050. The van der Waals surface area contributed by atoms with Crippen LogP contribution in [0.15, 0.2) is 164 Å². The van der Waals surface area contributed by atoms with Gasteiger partial charge in [0.1, 0.15) is 5.41 Å². The summed E-state index contributed by atoms with van der Waals surface area (Å²) in [4.78, 5) is 92.5. The third-order valence-electron chi connectivity index (χ3n) is 15.6. The number of carboxylic acid groups (broad SMARTS) is 1. The predicted octanol–water partition coefficient (Wildman–Crippen LogP) is 13.6.